The molecule has 1 aromatic carbocycles. The van der Waals surface area contributed by atoms with E-state index < -0.39 is 0 Å². The van der Waals surface area contributed by atoms with E-state index in [2.05, 4.69) is 67.3 Å². The summed E-state index contributed by atoms with van der Waals surface area (Å²) in [6.45, 7) is 9.34. The molecule has 0 aromatic heterocycles. The molecule has 0 radical (unpaired) electrons. The van der Waals surface area contributed by atoms with Gasteiger partial charge in [-0.3, -0.25) is 0 Å². The van der Waals surface area contributed by atoms with Crippen LogP contribution in [0.2, 0.25) is 0 Å². The summed E-state index contributed by atoms with van der Waals surface area (Å²) in [6.07, 6.45) is 2.60. The summed E-state index contributed by atoms with van der Waals surface area (Å²) >= 11 is 0. The van der Waals surface area contributed by atoms with Crippen molar-refractivity contribution in [3.8, 4) is 0 Å². The zero-order chi connectivity index (χ0) is 16.7. The van der Waals surface area contributed by atoms with Crippen LogP contribution < -0.4 is 5.32 Å². The molecule has 0 aliphatic carbocycles. The molecule has 1 unspecified atom stereocenters. The molecular weight excluding hydrogens is 284 g/mol. The highest BCUT2D eigenvalue weighted by molar-refractivity contribution is 5.80. The summed E-state index contributed by atoms with van der Waals surface area (Å²) in [5.74, 6) is 1.83. The van der Waals surface area contributed by atoms with E-state index >= 15 is 0 Å². The first-order valence-corrected chi connectivity index (χ1v) is 8.85. The van der Waals surface area contributed by atoms with Gasteiger partial charge in [-0.15, -0.1) is 0 Å². The third-order valence-corrected chi connectivity index (χ3v) is 4.30. The fraction of sp³-hybridized carbons (Fsp3) is 0.632. The normalized spacial score (nSPS) is 19.3. The second-order valence-corrected chi connectivity index (χ2v) is 6.87. The Morgan fingerprint density at radius 3 is 2.70 bits per heavy atom. The Kier molecular flexibility index (Phi) is 6.90. The number of rotatable bonds is 5. The van der Waals surface area contributed by atoms with E-state index in [1.54, 1.807) is 0 Å². The zero-order valence-corrected chi connectivity index (χ0v) is 15.2. The maximum absolute atomic E-state index is 4.92. The average molecular weight is 316 g/mol. The van der Waals surface area contributed by atoms with Gasteiger partial charge in [0.25, 0.3) is 0 Å². The lowest BCUT2D eigenvalue weighted by Crippen LogP contribution is -2.46. The van der Waals surface area contributed by atoms with Crippen LogP contribution in [-0.4, -0.2) is 49.5 Å². The van der Waals surface area contributed by atoms with Gasteiger partial charge in [-0.1, -0.05) is 31.2 Å². The number of nitrogens with one attached hydrogen (secondary N) is 1. The van der Waals surface area contributed by atoms with Crippen molar-refractivity contribution in [2.45, 2.75) is 39.8 Å². The van der Waals surface area contributed by atoms with E-state index in [1.807, 2.05) is 0 Å². The number of guanidine groups is 1. The summed E-state index contributed by atoms with van der Waals surface area (Å²) in [5, 5.41) is 3.47. The Balaban J connectivity index is 2.11. The van der Waals surface area contributed by atoms with E-state index in [0.29, 0.717) is 0 Å². The van der Waals surface area contributed by atoms with Gasteiger partial charge < -0.3 is 15.1 Å². The highest BCUT2D eigenvalue weighted by Crippen LogP contribution is 2.16. The second-order valence-electron chi connectivity index (χ2n) is 6.87. The Morgan fingerprint density at radius 1 is 1.30 bits per heavy atom. The molecule has 2 rings (SSSR count). The maximum atomic E-state index is 4.92. The molecule has 1 N–H and O–H groups in total. The Morgan fingerprint density at radius 2 is 2.04 bits per heavy atom. The van der Waals surface area contributed by atoms with Crippen LogP contribution in [0.3, 0.4) is 0 Å². The smallest absolute Gasteiger partial charge is 0.194 e. The molecule has 0 amide bonds. The fourth-order valence-corrected chi connectivity index (χ4v) is 3.17. The standard InChI is InChI=1S/C19H32N4/c1-5-20-19(23-12-8-9-16(2)14-23)21-13-17-10-6-7-11-18(17)15-22(3)4/h6-7,10-11,16H,5,8-9,12-15H2,1-4H3,(H,20,21). The monoisotopic (exact) mass is 316 g/mol. The first-order chi connectivity index (χ1) is 11.1. The number of hydrogen-bond donors (Lipinski definition) is 1. The number of piperidine rings is 1. The van der Waals surface area contributed by atoms with Crippen LogP contribution >= 0.6 is 0 Å². The van der Waals surface area contributed by atoms with Crippen molar-refractivity contribution in [3.63, 3.8) is 0 Å². The van der Waals surface area contributed by atoms with E-state index in [4.69, 9.17) is 4.99 Å². The minimum absolute atomic E-state index is 0.747. The largest absolute Gasteiger partial charge is 0.357 e. The molecule has 1 fully saturated rings. The van der Waals surface area contributed by atoms with Crippen LogP contribution in [0.5, 0.6) is 0 Å². The molecule has 0 bridgehead atoms. The van der Waals surface area contributed by atoms with Gasteiger partial charge >= 0.3 is 0 Å². The maximum Gasteiger partial charge on any atom is 0.194 e. The lowest BCUT2D eigenvalue weighted by atomic mass is 10.0. The molecule has 1 aliphatic heterocycles. The Bertz CT molecular complexity index is 510. The second kappa shape index (κ2) is 8.92. The third-order valence-electron chi connectivity index (χ3n) is 4.30. The van der Waals surface area contributed by atoms with Gasteiger partial charge in [0.15, 0.2) is 5.96 Å². The average Bonchev–Trinajstić information content (AvgIpc) is 2.52. The van der Waals surface area contributed by atoms with E-state index in [1.165, 1.54) is 24.0 Å². The lowest BCUT2D eigenvalue weighted by Gasteiger charge is -2.33. The molecule has 23 heavy (non-hydrogen) atoms. The summed E-state index contributed by atoms with van der Waals surface area (Å²) in [7, 11) is 4.22. The zero-order valence-electron chi connectivity index (χ0n) is 15.2. The number of likely N-dealkylation sites (tertiary alicyclic amines) is 1. The van der Waals surface area contributed by atoms with Gasteiger partial charge in [-0.05, 0) is 50.9 Å². The molecule has 1 aromatic rings. The van der Waals surface area contributed by atoms with Crippen LogP contribution in [0.4, 0.5) is 0 Å². The third kappa shape index (κ3) is 5.54. The van der Waals surface area contributed by atoms with Gasteiger partial charge in [0, 0.05) is 26.2 Å². The predicted molar refractivity (Wildman–Crippen MR) is 98.6 cm³/mol. The van der Waals surface area contributed by atoms with E-state index in [9.17, 15) is 0 Å². The minimum atomic E-state index is 0.747. The molecule has 4 nitrogen and oxygen atoms in total. The van der Waals surface area contributed by atoms with Crippen molar-refractivity contribution in [1.29, 1.82) is 0 Å². The van der Waals surface area contributed by atoms with E-state index in [-0.39, 0.29) is 0 Å². The van der Waals surface area contributed by atoms with Crippen molar-refractivity contribution in [2.75, 3.05) is 33.7 Å². The van der Waals surface area contributed by atoms with E-state index in [0.717, 1.165) is 44.6 Å². The quantitative estimate of drug-likeness (QED) is 0.669. The lowest BCUT2D eigenvalue weighted by molar-refractivity contribution is 0.266. The van der Waals surface area contributed by atoms with Gasteiger partial charge in [0.1, 0.15) is 0 Å². The van der Waals surface area contributed by atoms with Crippen LogP contribution in [0.1, 0.15) is 37.8 Å². The summed E-state index contributed by atoms with van der Waals surface area (Å²) in [4.78, 5) is 9.55. The summed E-state index contributed by atoms with van der Waals surface area (Å²) < 4.78 is 0. The van der Waals surface area contributed by atoms with Crippen molar-refractivity contribution in [1.82, 2.24) is 15.1 Å². The van der Waals surface area contributed by atoms with Crippen molar-refractivity contribution >= 4 is 5.96 Å². The van der Waals surface area contributed by atoms with Gasteiger partial charge in [-0.25, -0.2) is 4.99 Å². The molecular formula is C19H32N4. The number of benzene rings is 1. The van der Waals surface area contributed by atoms with Gasteiger partial charge in [-0.2, -0.15) is 0 Å². The topological polar surface area (TPSA) is 30.9 Å². The van der Waals surface area contributed by atoms with Gasteiger partial charge in [0.05, 0.1) is 6.54 Å². The van der Waals surface area contributed by atoms with Crippen LogP contribution in [0.25, 0.3) is 0 Å². The van der Waals surface area contributed by atoms with Crippen LogP contribution in [0, 0.1) is 5.92 Å². The molecule has 0 spiro atoms. The first-order valence-electron chi connectivity index (χ1n) is 8.85. The number of aliphatic imine (C=N–C) groups is 1. The molecule has 128 valence electrons. The minimum Gasteiger partial charge on any atom is -0.357 e. The number of hydrogen-bond acceptors (Lipinski definition) is 2. The molecule has 0 saturated carbocycles. The number of nitrogens with zero attached hydrogens (tertiary/aromatic N) is 3. The Labute approximate surface area is 141 Å². The first kappa shape index (κ1) is 17.8. The molecule has 1 aliphatic rings. The van der Waals surface area contributed by atoms with Crippen molar-refractivity contribution < 1.29 is 0 Å². The predicted octanol–water partition coefficient (Wildman–Crippen LogP) is 2.95. The van der Waals surface area contributed by atoms with Crippen LogP contribution in [-0.2, 0) is 13.1 Å². The van der Waals surface area contributed by atoms with Crippen molar-refractivity contribution in [2.24, 2.45) is 10.9 Å². The molecule has 4 heteroatoms. The summed E-state index contributed by atoms with van der Waals surface area (Å²) in [6, 6.07) is 8.63. The SMILES string of the molecule is CCNC(=NCc1ccccc1CN(C)C)N1CCCC(C)C1. The van der Waals surface area contributed by atoms with Gasteiger partial charge in [0.2, 0.25) is 0 Å². The highest BCUT2D eigenvalue weighted by atomic mass is 15.3. The van der Waals surface area contributed by atoms with Crippen molar-refractivity contribution in [3.05, 3.63) is 35.4 Å². The fourth-order valence-electron chi connectivity index (χ4n) is 3.17. The highest BCUT2D eigenvalue weighted by Gasteiger charge is 2.19. The molecule has 1 saturated heterocycles. The Hall–Kier alpha value is -1.55. The molecule has 1 heterocycles. The molecule has 1 atom stereocenters. The summed E-state index contributed by atoms with van der Waals surface area (Å²) in [5.41, 5.74) is 2.69. The van der Waals surface area contributed by atoms with Crippen LogP contribution in [0.15, 0.2) is 29.3 Å².